The van der Waals surface area contributed by atoms with Crippen molar-refractivity contribution >= 4 is 16.7 Å². The number of fused-ring (bicyclic) bond motifs is 1. The van der Waals surface area contributed by atoms with Gasteiger partial charge in [0, 0.05) is 0 Å². The highest BCUT2D eigenvalue weighted by molar-refractivity contribution is 5.94. The molecule has 4 aromatic rings. The number of furan rings is 1. The van der Waals surface area contributed by atoms with Gasteiger partial charge in [0.2, 0.25) is 5.78 Å². The van der Waals surface area contributed by atoms with Crippen LogP contribution in [0.2, 0.25) is 0 Å². The molecule has 0 amide bonds. The zero-order chi connectivity index (χ0) is 17.2. The van der Waals surface area contributed by atoms with Gasteiger partial charge in [-0.25, -0.2) is 4.98 Å². The Morgan fingerprint density at radius 2 is 1.84 bits per heavy atom. The van der Waals surface area contributed by atoms with Crippen LogP contribution in [0.25, 0.3) is 22.0 Å². The number of benzene rings is 2. The van der Waals surface area contributed by atoms with E-state index in [0.29, 0.717) is 16.7 Å². The van der Waals surface area contributed by atoms with Crippen LogP contribution in [0.1, 0.15) is 16.4 Å². The molecule has 0 fully saturated rings. The normalized spacial score (nSPS) is 10.9. The van der Waals surface area contributed by atoms with Gasteiger partial charge in [0.1, 0.15) is 5.82 Å². The van der Waals surface area contributed by atoms with Crippen molar-refractivity contribution < 1.29 is 9.21 Å². The lowest BCUT2D eigenvalue weighted by molar-refractivity contribution is 0.0964. The van der Waals surface area contributed by atoms with E-state index in [-0.39, 0.29) is 23.5 Å². The van der Waals surface area contributed by atoms with Gasteiger partial charge in [-0.3, -0.25) is 9.59 Å². The van der Waals surface area contributed by atoms with Crippen LogP contribution < -0.4 is 5.56 Å². The fourth-order valence-corrected chi connectivity index (χ4v) is 2.76. The predicted molar refractivity (Wildman–Crippen MR) is 94.5 cm³/mol. The number of Topliss-reactive ketones (excluding diaryl/α,β-unsaturated/α-hetero) is 1. The maximum atomic E-state index is 12.4. The van der Waals surface area contributed by atoms with E-state index in [9.17, 15) is 9.59 Å². The van der Waals surface area contributed by atoms with Gasteiger partial charge in [-0.2, -0.15) is 0 Å². The van der Waals surface area contributed by atoms with E-state index in [1.165, 1.54) is 6.26 Å². The third kappa shape index (κ3) is 2.99. The summed E-state index contributed by atoms with van der Waals surface area (Å²) >= 11 is 0. The van der Waals surface area contributed by atoms with Crippen LogP contribution in [0.5, 0.6) is 0 Å². The van der Waals surface area contributed by atoms with Crippen LogP contribution in [0.4, 0.5) is 0 Å². The summed E-state index contributed by atoms with van der Waals surface area (Å²) < 4.78 is 5.08. The number of aromatic amines is 1. The summed E-state index contributed by atoms with van der Waals surface area (Å²) in [7, 11) is 0. The van der Waals surface area contributed by atoms with Crippen LogP contribution in [-0.2, 0) is 6.42 Å². The largest absolute Gasteiger partial charge is 0.461 e. The van der Waals surface area contributed by atoms with E-state index in [0.717, 1.165) is 11.1 Å². The van der Waals surface area contributed by atoms with Crippen molar-refractivity contribution in [3.05, 3.63) is 88.9 Å². The molecule has 5 heteroatoms. The maximum absolute atomic E-state index is 12.4. The van der Waals surface area contributed by atoms with Crippen molar-refractivity contribution in [3.63, 3.8) is 0 Å². The minimum Gasteiger partial charge on any atom is -0.461 e. The predicted octanol–water partition coefficient (Wildman–Crippen LogP) is 3.61. The lowest BCUT2D eigenvalue weighted by Gasteiger charge is -2.05. The van der Waals surface area contributed by atoms with Gasteiger partial charge in [0.15, 0.2) is 5.76 Å². The fourth-order valence-electron chi connectivity index (χ4n) is 2.76. The van der Waals surface area contributed by atoms with E-state index in [1.54, 1.807) is 18.2 Å². The summed E-state index contributed by atoms with van der Waals surface area (Å²) in [5, 5.41) is 0.496. The van der Waals surface area contributed by atoms with Crippen LogP contribution in [0.15, 0.2) is 76.1 Å². The number of nitrogens with one attached hydrogen (secondary N) is 1. The molecule has 1 N–H and O–H groups in total. The summed E-state index contributed by atoms with van der Waals surface area (Å²) in [5.41, 5.74) is 2.27. The van der Waals surface area contributed by atoms with E-state index in [2.05, 4.69) is 9.97 Å². The molecule has 0 aliphatic carbocycles. The lowest BCUT2D eigenvalue weighted by Crippen LogP contribution is -2.15. The first-order chi connectivity index (χ1) is 12.2. The average Bonchev–Trinajstić information content (AvgIpc) is 3.17. The molecular formula is C20H14N2O3. The summed E-state index contributed by atoms with van der Waals surface area (Å²) in [4.78, 5) is 31.6. The maximum Gasteiger partial charge on any atom is 0.258 e. The molecule has 0 radical (unpaired) electrons. The molecule has 2 aromatic carbocycles. The molecule has 5 nitrogen and oxygen atoms in total. The van der Waals surface area contributed by atoms with Crippen molar-refractivity contribution in [3.8, 4) is 11.1 Å². The Morgan fingerprint density at radius 1 is 1.00 bits per heavy atom. The zero-order valence-electron chi connectivity index (χ0n) is 13.2. The third-order valence-electron chi connectivity index (χ3n) is 3.99. The van der Waals surface area contributed by atoms with Gasteiger partial charge in [0.05, 0.1) is 23.6 Å². The number of hydrogen-bond acceptors (Lipinski definition) is 4. The number of H-pyrrole nitrogens is 1. The fraction of sp³-hybridized carbons (Fsp3) is 0.0500. The molecule has 0 bridgehead atoms. The number of ketones is 1. The summed E-state index contributed by atoms with van der Waals surface area (Å²) in [5.74, 6) is 0.349. The minimum absolute atomic E-state index is 0.0148. The second-order valence-corrected chi connectivity index (χ2v) is 5.69. The molecule has 0 aliphatic rings. The highest BCUT2D eigenvalue weighted by Crippen LogP contribution is 2.21. The standard InChI is InChI=1S/C20H14N2O3/c23-17(18-7-4-10-25-18)12-19-21-16-9-8-14(11-15(16)20(24)22-19)13-5-2-1-3-6-13/h1-11H,12H2,(H,21,22,24). The smallest absolute Gasteiger partial charge is 0.258 e. The molecule has 0 spiro atoms. The summed E-state index contributed by atoms with van der Waals surface area (Å²) in [6.45, 7) is 0. The topological polar surface area (TPSA) is 76.0 Å². The van der Waals surface area contributed by atoms with Crippen molar-refractivity contribution in [2.75, 3.05) is 0 Å². The van der Waals surface area contributed by atoms with Crippen LogP contribution in [0, 0.1) is 0 Å². The monoisotopic (exact) mass is 330 g/mol. The highest BCUT2D eigenvalue weighted by Gasteiger charge is 2.13. The molecule has 0 saturated heterocycles. The summed E-state index contributed by atoms with van der Waals surface area (Å²) in [6, 6.07) is 18.6. The second-order valence-electron chi connectivity index (χ2n) is 5.69. The Bertz CT molecular complexity index is 1100. The van der Waals surface area contributed by atoms with Crippen molar-refractivity contribution in [1.29, 1.82) is 0 Å². The first kappa shape index (κ1) is 15.1. The molecule has 4 rings (SSSR count). The van der Waals surface area contributed by atoms with Gasteiger partial charge in [-0.05, 0) is 35.4 Å². The van der Waals surface area contributed by atoms with Crippen LogP contribution in [0.3, 0.4) is 0 Å². The van der Waals surface area contributed by atoms with E-state index in [1.807, 2.05) is 42.5 Å². The molecule has 0 saturated carbocycles. The molecule has 0 atom stereocenters. The number of aromatic nitrogens is 2. The highest BCUT2D eigenvalue weighted by atomic mass is 16.3. The quantitative estimate of drug-likeness (QED) is 0.580. The van der Waals surface area contributed by atoms with E-state index < -0.39 is 0 Å². The number of nitrogens with zero attached hydrogens (tertiary/aromatic N) is 1. The van der Waals surface area contributed by atoms with Gasteiger partial charge in [-0.1, -0.05) is 36.4 Å². The molecule has 2 aromatic heterocycles. The van der Waals surface area contributed by atoms with E-state index in [4.69, 9.17) is 4.42 Å². The summed E-state index contributed by atoms with van der Waals surface area (Å²) in [6.07, 6.45) is 1.42. The minimum atomic E-state index is -0.259. The van der Waals surface area contributed by atoms with Crippen LogP contribution in [-0.4, -0.2) is 15.8 Å². The Kier molecular flexibility index (Phi) is 3.74. The van der Waals surface area contributed by atoms with Gasteiger partial charge in [-0.15, -0.1) is 0 Å². The Morgan fingerprint density at radius 3 is 2.60 bits per heavy atom. The SMILES string of the molecule is O=C(Cc1nc2ccc(-c3ccccc3)cc2c(=O)[nH]1)c1ccco1. The number of carbonyl (C=O) groups excluding carboxylic acids is 1. The Hall–Kier alpha value is -3.47. The van der Waals surface area contributed by atoms with E-state index >= 15 is 0 Å². The van der Waals surface area contributed by atoms with Gasteiger partial charge < -0.3 is 9.40 Å². The Labute approximate surface area is 143 Å². The van der Waals surface area contributed by atoms with Crippen molar-refractivity contribution in [2.45, 2.75) is 6.42 Å². The van der Waals surface area contributed by atoms with Crippen LogP contribution >= 0.6 is 0 Å². The van der Waals surface area contributed by atoms with Gasteiger partial charge in [0.25, 0.3) is 5.56 Å². The first-order valence-corrected chi connectivity index (χ1v) is 7.86. The molecule has 2 heterocycles. The molecule has 122 valence electrons. The van der Waals surface area contributed by atoms with Crippen molar-refractivity contribution in [2.24, 2.45) is 0 Å². The third-order valence-corrected chi connectivity index (χ3v) is 3.99. The number of rotatable bonds is 4. The lowest BCUT2D eigenvalue weighted by atomic mass is 10.0. The molecule has 0 aliphatic heterocycles. The molecular weight excluding hydrogens is 316 g/mol. The first-order valence-electron chi connectivity index (χ1n) is 7.86. The molecule has 25 heavy (non-hydrogen) atoms. The zero-order valence-corrected chi connectivity index (χ0v) is 13.2. The molecule has 0 unspecified atom stereocenters. The second kappa shape index (κ2) is 6.20. The van der Waals surface area contributed by atoms with Gasteiger partial charge >= 0.3 is 0 Å². The average molecular weight is 330 g/mol. The van der Waals surface area contributed by atoms with Crippen molar-refractivity contribution in [1.82, 2.24) is 9.97 Å². The number of hydrogen-bond donors (Lipinski definition) is 1. The Balaban J connectivity index is 1.71. The number of carbonyl (C=O) groups is 1.